The molecule has 0 aromatic heterocycles. The lowest BCUT2D eigenvalue weighted by atomic mass is 9.63. The molecule has 6 atom stereocenters. The molecule has 6 heteroatoms. The van der Waals surface area contributed by atoms with E-state index in [4.69, 9.17) is 9.47 Å². The summed E-state index contributed by atoms with van der Waals surface area (Å²) in [5, 5.41) is 5.43. The van der Waals surface area contributed by atoms with Crippen LogP contribution in [0.15, 0.2) is 65.8 Å². The molecule has 4 aliphatic carbocycles. The molecule has 1 aliphatic heterocycles. The van der Waals surface area contributed by atoms with E-state index in [0.717, 1.165) is 22.6 Å². The number of nitrogens with zero attached hydrogens (tertiary/aromatic N) is 2. The Morgan fingerprint density at radius 2 is 1.64 bits per heavy atom. The molecule has 1 saturated heterocycles. The van der Waals surface area contributed by atoms with Gasteiger partial charge in [-0.15, -0.1) is 0 Å². The molecule has 2 aromatic carbocycles. The van der Waals surface area contributed by atoms with Crippen LogP contribution in [0.5, 0.6) is 11.5 Å². The van der Waals surface area contributed by atoms with Crippen molar-refractivity contribution in [1.29, 1.82) is 0 Å². The van der Waals surface area contributed by atoms with Crippen molar-refractivity contribution in [3.05, 3.63) is 71.8 Å². The van der Waals surface area contributed by atoms with Crippen molar-refractivity contribution in [2.45, 2.75) is 20.0 Å². The van der Waals surface area contributed by atoms with E-state index in [9.17, 15) is 9.59 Å². The largest absolute Gasteiger partial charge is 0.490 e. The van der Waals surface area contributed by atoms with Crippen molar-refractivity contribution in [2.75, 3.05) is 6.61 Å². The first kappa shape index (κ1) is 20.2. The molecule has 33 heavy (non-hydrogen) atoms. The Bertz CT molecular complexity index is 1120. The van der Waals surface area contributed by atoms with Gasteiger partial charge in [0.15, 0.2) is 11.5 Å². The van der Waals surface area contributed by atoms with Crippen molar-refractivity contribution < 1.29 is 19.1 Å². The first-order valence-electron chi connectivity index (χ1n) is 11.7. The van der Waals surface area contributed by atoms with Crippen LogP contribution in [-0.2, 0) is 16.2 Å². The molecule has 168 valence electrons. The molecule has 3 fully saturated rings. The van der Waals surface area contributed by atoms with E-state index in [1.54, 1.807) is 6.21 Å². The average molecular weight is 443 g/mol. The second-order valence-corrected chi connectivity index (χ2v) is 9.30. The van der Waals surface area contributed by atoms with Crippen molar-refractivity contribution in [3.8, 4) is 11.5 Å². The third kappa shape index (κ3) is 3.36. The molecule has 2 amide bonds. The van der Waals surface area contributed by atoms with Crippen LogP contribution in [0.4, 0.5) is 0 Å². The number of carbonyl (C=O) groups is 2. The molecule has 6 nitrogen and oxygen atoms in total. The standard InChI is InChI=1S/C27H26N2O4/c1-2-32-23-12-17(8-11-22(23)33-15-16-6-4-3-5-7-16)14-28-29-26(30)24-18-9-10-19(21-13-20(18)21)25(24)27(29)31/h3-12,14,18-21,24-25H,2,13,15H2,1H3/b28-14-/t18-,19+,20+,21-,24+,25-. The monoisotopic (exact) mass is 442 g/mol. The SMILES string of the molecule is CCOc1cc(/C=N\N2C(=O)[C@@H]3[C@H]4C=C[C@H]([C@@H]5C[C@H]45)[C@@H]3C2=O)ccc1OCc1ccccc1. The summed E-state index contributed by atoms with van der Waals surface area (Å²) >= 11 is 0. The van der Waals surface area contributed by atoms with E-state index < -0.39 is 0 Å². The maximum atomic E-state index is 13.1. The van der Waals surface area contributed by atoms with Gasteiger partial charge in [0, 0.05) is 0 Å². The van der Waals surface area contributed by atoms with E-state index in [2.05, 4.69) is 17.3 Å². The van der Waals surface area contributed by atoms with Crippen LogP contribution in [-0.4, -0.2) is 29.6 Å². The normalized spacial score (nSPS) is 31.1. The number of ether oxygens (including phenoxy) is 2. The summed E-state index contributed by atoms with van der Waals surface area (Å²) in [6, 6.07) is 15.4. The zero-order valence-corrected chi connectivity index (χ0v) is 18.5. The lowest BCUT2D eigenvalue weighted by molar-refractivity contribution is -0.140. The molecule has 1 heterocycles. The number of benzene rings is 2. The highest BCUT2D eigenvalue weighted by Crippen LogP contribution is 2.65. The number of rotatable bonds is 7. The van der Waals surface area contributed by atoms with Gasteiger partial charge in [0.05, 0.1) is 24.7 Å². The highest BCUT2D eigenvalue weighted by atomic mass is 16.5. The van der Waals surface area contributed by atoms with Crippen molar-refractivity contribution in [2.24, 2.45) is 40.6 Å². The summed E-state index contributed by atoms with van der Waals surface area (Å²) in [5.41, 5.74) is 1.81. The quantitative estimate of drug-likeness (QED) is 0.369. The van der Waals surface area contributed by atoms with Crippen molar-refractivity contribution in [1.82, 2.24) is 5.01 Å². The second-order valence-electron chi connectivity index (χ2n) is 9.30. The van der Waals surface area contributed by atoms with Gasteiger partial charge in [-0.05, 0) is 66.3 Å². The predicted octanol–water partition coefficient (Wildman–Crippen LogP) is 4.05. The smallest absolute Gasteiger partial charge is 0.254 e. The summed E-state index contributed by atoms with van der Waals surface area (Å²) in [6.45, 7) is 2.84. The molecule has 5 aliphatic rings. The predicted molar refractivity (Wildman–Crippen MR) is 123 cm³/mol. The minimum absolute atomic E-state index is 0.154. The lowest BCUT2D eigenvalue weighted by Crippen LogP contribution is -2.40. The molecule has 0 unspecified atom stereocenters. The molecule has 7 rings (SSSR count). The van der Waals surface area contributed by atoms with E-state index in [-0.39, 0.29) is 35.5 Å². The number of hydrogen-bond donors (Lipinski definition) is 0. The highest BCUT2D eigenvalue weighted by molar-refractivity contribution is 6.06. The molecule has 0 spiro atoms. The number of hydrazone groups is 1. The van der Waals surface area contributed by atoms with Crippen LogP contribution in [0.2, 0.25) is 0 Å². The van der Waals surface area contributed by atoms with Crippen LogP contribution in [0.3, 0.4) is 0 Å². The maximum Gasteiger partial charge on any atom is 0.254 e. The van der Waals surface area contributed by atoms with E-state index >= 15 is 0 Å². The maximum absolute atomic E-state index is 13.1. The van der Waals surface area contributed by atoms with Crippen LogP contribution >= 0.6 is 0 Å². The summed E-state index contributed by atoms with van der Waals surface area (Å²) in [4.78, 5) is 26.2. The van der Waals surface area contributed by atoms with Crippen LogP contribution in [0.1, 0.15) is 24.5 Å². The fourth-order valence-electron chi connectivity index (χ4n) is 5.91. The molecule has 2 saturated carbocycles. The number of amides is 2. The third-order valence-electron chi connectivity index (χ3n) is 7.47. The van der Waals surface area contributed by atoms with Crippen molar-refractivity contribution in [3.63, 3.8) is 0 Å². The Hall–Kier alpha value is -3.41. The molecular weight excluding hydrogens is 416 g/mol. The van der Waals surface area contributed by atoms with Gasteiger partial charge in [-0.1, -0.05) is 42.5 Å². The second kappa shape index (κ2) is 7.87. The Labute approximate surface area is 192 Å². The van der Waals surface area contributed by atoms with Gasteiger partial charge in [0.1, 0.15) is 6.61 Å². The minimum atomic E-state index is -0.235. The van der Waals surface area contributed by atoms with E-state index in [1.165, 1.54) is 0 Å². The van der Waals surface area contributed by atoms with Gasteiger partial charge in [-0.2, -0.15) is 10.1 Å². The first-order valence-corrected chi connectivity index (χ1v) is 11.7. The van der Waals surface area contributed by atoms with Gasteiger partial charge in [0.2, 0.25) is 0 Å². The number of hydrogen-bond acceptors (Lipinski definition) is 5. The Morgan fingerprint density at radius 1 is 0.939 bits per heavy atom. The molecule has 0 N–H and O–H groups in total. The summed E-state index contributed by atoms with van der Waals surface area (Å²) in [5.74, 6) is 2.03. The molecule has 2 bridgehead atoms. The summed E-state index contributed by atoms with van der Waals surface area (Å²) < 4.78 is 11.7. The molecule has 2 aromatic rings. The van der Waals surface area contributed by atoms with E-state index in [0.29, 0.717) is 36.5 Å². The summed E-state index contributed by atoms with van der Waals surface area (Å²) in [7, 11) is 0. The minimum Gasteiger partial charge on any atom is -0.490 e. The topological polar surface area (TPSA) is 68.2 Å². The van der Waals surface area contributed by atoms with Gasteiger partial charge >= 0.3 is 0 Å². The van der Waals surface area contributed by atoms with Gasteiger partial charge < -0.3 is 9.47 Å². The Morgan fingerprint density at radius 3 is 2.30 bits per heavy atom. The third-order valence-corrected chi connectivity index (χ3v) is 7.47. The number of imide groups is 1. The van der Waals surface area contributed by atoms with E-state index in [1.807, 2.05) is 55.5 Å². The Balaban J connectivity index is 1.19. The number of carbonyl (C=O) groups excluding carboxylic acids is 2. The molecular formula is C27H26N2O4. The van der Waals surface area contributed by atoms with Crippen LogP contribution < -0.4 is 9.47 Å². The fourth-order valence-corrected chi connectivity index (χ4v) is 5.91. The highest BCUT2D eigenvalue weighted by Gasteiger charge is 2.67. The van der Waals surface area contributed by atoms with Crippen LogP contribution in [0, 0.1) is 35.5 Å². The zero-order valence-electron chi connectivity index (χ0n) is 18.5. The lowest BCUT2D eigenvalue weighted by Gasteiger charge is -2.37. The van der Waals surface area contributed by atoms with Gasteiger partial charge in [0.25, 0.3) is 11.8 Å². The number of allylic oxidation sites excluding steroid dienone is 2. The Kier molecular flexibility index (Phi) is 4.82. The first-order chi connectivity index (χ1) is 16.2. The molecule has 0 radical (unpaired) electrons. The zero-order chi connectivity index (χ0) is 22.5. The summed E-state index contributed by atoms with van der Waals surface area (Å²) in [6.07, 6.45) is 7.05. The average Bonchev–Trinajstić information content (AvgIpc) is 3.62. The van der Waals surface area contributed by atoms with Gasteiger partial charge in [-0.25, -0.2) is 0 Å². The van der Waals surface area contributed by atoms with Crippen molar-refractivity contribution >= 4 is 18.0 Å². The van der Waals surface area contributed by atoms with Gasteiger partial charge in [-0.3, -0.25) is 9.59 Å². The van der Waals surface area contributed by atoms with Crippen LogP contribution in [0.25, 0.3) is 0 Å². The fraction of sp³-hybridized carbons (Fsp3) is 0.370.